The third-order valence-electron chi connectivity index (χ3n) is 3.82. The zero-order valence-electron chi connectivity index (χ0n) is 15.0. The lowest BCUT2D eigenvalue weighted by molar-refractivity contribution is 0.0975. The molecule has 0 saturated heterocycles. The van der Waals surface area contributed by atoms with Crippen molar-refractivity contribution in [3.05, 3.63) is 84.4 Å². The van der Waals surface area contributed by atoms with Gasteiger partial charge in [0, 0.05) is 11.4 Å². The summed E-state index contributed by atoms with van der Waals surface area (Å²) >= 11 is 5.09. The van der Waals surface area contributed by atoms with Crippen molar-refractivity contribution in [2.24, 2.45) is 0 Å². The lowest BCUT2D eigenvalue weighted by Gasteiger charge is -2.11. The molecule has 0 spiro atoms. The van der Waals surface area contributed by atoms with E-state index in [1.54, 1.807) is 42.5 Å². The van der Waals surface area contributed by atoms with E-state index in [0.717, 1.165) is 0 Å². The van der Waals surface area contributed by atoms with Gasteiger partial charge in [-0.25, -0.2) is 8.42 Å². The van der Waals surface area contributed by atoms with Gasteiger partial charge >= 0.3 is 0 Å². The number of carbonyl (C=O) groups is 1. The molecule has 4 N–H and O–H groups in total. The molecule has 3 rings (SSSR count). The summed E-state index contributed by atoms with van der Waals surface area (Å²) in [6, 6.07) is 20.5. The average Bonchev–Trinajstić information content (AvgIpc) is 2.69. The Bertz CT molecular complexity index is 1130. The molecule has 9 heteroatoms. The minimum atomic E-state index is -3.73. The normalized spacial score (nSPS) is 10.8. The van der Waals surface area contributed by atoms with Crippen LogP contribution in [0.1, 0.15) is 10.4 Å². The molecule has 0 bridgehead atoms. The van der Waals surface area contributed by atoms with Crippen LogP contribution >= 0.6 is 12.2 Å². The molecule has 0 radical (unpaired) electrons. The molecule has 29 heavy (non-hydrogen) atoms. The van der Waals surface area contributed by atoms with Crippen molar-refractivity contribution in [2.75, 3.05) is 10.0 Å². The van der Waals surface area contributed by atoms with E-state index in [0.29, 0.717) is 11.4 Å². The second-order valence-corrected chi connectivity index (χ2v) is 8.01. The van der Waals surface area contributed by atoms with Crippen molar-refractivity contribution in [1.82, 2.24) is 5.32 Å². The molecule has 0 heterocycles. The Labute approximate surface area is 173 Å². The number of sulfonamides is 1. The number of para-hydroxylation sites is 2. The van der Waals surface area contributed by atoms with Crippen LogP contribution in [0, 0.1) is 0 Å². The van der Waals surface area contributed by atoms with Gasteiger partial charge in [0.25, 0.3) is 15.9 Å². The van der Waals surface area contributed by atoms with Gasteiger partial charge in [0.1, 0.15) is 5.75 Å². The highest BCUT2D eigenvalue weighted by Gasteiger charge is 2.15. The first kappa shape index (κ1) is 20.3. The molecule has 0 aliphatic rings. The maximum atomic E-state index is 12.4. The molecule has 0 fully saturated rings. The third-order valence-corrected chi connectivity index (χ3v) is 5.43. The predicted molar refractivity (Wildman–Crippen MR) is 115 cm³/mol. The zero-order valence-corrected chi connectivity index (χ0v) is 16.6. The fourth-order valence-electron chi connectivity index (χ4n) is 2.44. The molecule has 3 aromatic carbocycles. The number of carbonyl (C=O) groups excluding carboxylic acids is 1. The number of hydrogen-bond donors (Lipinski definition) is 4. The Kier molecular flexibility index (Phi) is 6.10. The largest absolute Gasteiger partial charge is 0.507 e. The Morgan fingerprint density at radius 3 is 2.10 bits per heavy atom. The number of phenols is 1. The number of aromatic hydroxyl groups is 1. The summed E-state index contributed by atoms with van der Waals surface area (Å²) in [6.45, 7) is 0. The van der Waals surface area contributed by atoms with Crippen LogP contribution in [-0.2, 0) is 10.0 Å². The van der Waals surface area contributed by atoms with Crippen LogP contribution in [0.5, 0.6) is 5.75 Å². The van der Waals surface area contributed by atoms with Gasteiger partial charge in [0.2, 0.25) is 0 Å². The Balaban J connectivity index is 1.63. The van der Waals surface area contributed by atoms with E-state index in [-0.39, 0.29) is 21.3 Å². The molecule has 0 saturated carbocycles. The van der Waals surface area contributed by atoms with Crippen molar-refractivity contribution in [1.29, 1.82) is 0 Å². The number of thiocarbonyl (C=S) groups is 1. The van der Waals surface area contributed by atoms with Crippen LogP contribution in [0.15, 0.2) is 83.8 Å². The van der Waals surface area contributed by atoms with Crippen LogP contribution in [0.25, 0.3) is 0 Å². The molecular formula is C20H17N3O4S2. The van der Waals surface area contributed by atoms with E-state index in [2.05, 4.69) is 15.4 Å². The topological polar surface area (TPSA) is 108 Å². The van der Waals surface area contributed by atoms with Crippen molar-refractivity contribution in [3.8, 4) is 5.75 Å². The summed E-state index contributed by atoms with van der Waals surface area (Å²) in [5.74, 6) is -0.722. The van der Waals surface area contributed by atoms with E-state index in [4.69, 9.17) is 12.2 Å². The minimum absolute atomic E-state index is 0.0104. The summed E-state index contributed by atoms with van der Waals surface area (Å²) in [5.41, 5.74) is 1.04. The van der Waals surface area contributed by atoms with E-state index in [9.17, 15) is 18.3 Å². The summed E-state index contributed by atoms with van der Waals surface area (Å²) in [4.78, 5) is 12.2. The van der Waals surface area contributed by atoms with E-state index >= 15 is 0 Å². The van der Waals surface area contributed by atoms with Crippen LogP contribution in [0.2, 0.25) is 0 Å². The van der Waals surface area contributed by atoms with Gasteiger partial charge in [-0.3, -0.25) is 14.8 Å². The van der Waals surface area contributed by atoms with Crippen molar-refractivity contribution in [2.45, 2.75) is 4.90 Å². The number of benzene rings is 3. The maximum Gasteiger partial charge on any atom is 0.261 e. The van der Waals surface area contributed by atoms with Crippen LogP contribution in [-0.4, -0.2) is 24.5 Å². The maximum absolute atomic E-state index is 12.4. The summed E-state index contributed by atoms with van der Waals surface area (Å²) in [6.07, 6.45) is 0. The SMILES string of the molecule is O=C(NC(=S)Nc1ccc(S(=O)(=O)Nc2ccccc2)cc1)c1ccccc1O. The molecule has 0 atom stereocenters. The fourth-order valence-corrected chi connectivity index (χ4v) is 3.71. The second-order valence-electron chi connectivity index (χ2n) is 5.92. The number of amides is 1. The van der Waals surface area contributed by atoms with Gasteiger partial charge in [-0.1, -0.05) is 30.3 Å². The Morgan fingerprint density at radius 2 is 1.45 bits per heavy atom. The monoisotopic (exact) mass is 427 g/mol. The number of anilines is 2. The van der Waals surface area contributed by atoms with Gasteiger partial charge in [-0.05, 0) is 60.7 Å². The number of phenolic OH excluding ortho intramolecular Hbond substituents is 1. The Hall–Kier alpha value is -3.43. The van der Waals surface area contributed by atoms with Crippen LogP contribution in [0.3, 0.4) is 0 Å². The highest BCUT2D eigenvalue weighted by Crippen LogP contribution is 2.18. The molecule has 0 aliphatic heterocycles. The zero-order chi connectivity index (χ0) is 20.9. The molecule has 7 nitrogen and oxygen atoms in total. The van der Waals surface area contributed by atoms with Crippen molar-refractivity contribution >= 4 is 44.6 Å². The van der Waals surface area contributed by atoms with Gasteiger partial charge in [0.15, 0.2) is 5.11 Å². The van der Waals surface area contributed by atoms with E-state index in [1.165, 1.54) is 36.4 Å². The van der Waals surface area contributed by atoms with Crippen LogP contribution in [0.4, 0.5) is 11.4 Å². The predicted octanol–water partition coefficient (Wildman–Crippen LogP) is 3.32. The molecular weight excluding hydrogens is 410 g/mol. The molecule has 3 aromatic rings. The lowest BCUT2D eigenvalue weighted by Crippen LogP contribution is -2.34. The fraction of sp³-hybridized carbons (Fsp3) is 0. The summed E-state index contributed by atoms with van der Waals surface area (Å²) in [7, 11) is -3.73. The average molecular weight is 428 g/mol. The molecule has 0 aromatic heterocycles. The first-order valence-corrected chi connectivity index (χ1v) is 10.3. The number of rotatable bonds is 5. The molecule has 0 aliphatic carbocycles. The van der Waals surface area contributed by atoms with Gasteiger partial charge in [-0.2, -0.15) is 0 Å². The molecule has 148 valence electrons. The van der Waals surface area contributed by atoms with Crippen LogP contribution < -0.4 is 15.4 Å². The highest BCUT2D eigenvalue weighted by atomic mass is 32.2. The van der Waals surface area contributed by atoms with E-state index in [1.807, 2.05) is 0 Å². The third kappa shape index (κ3) is 5.31. The Morgan fingerprint density at radius 1 is 0.828 bits per heavy atom. The first-order chi connectivity index (χ1) is 13.8. The molecule has 0 unspecified atom stereocenters. The standard InChI is InChI=1S/C20H17N3O4S2/c24-18-9-5-4-8-17(18)19(25)22-20(28)21-14-10-12-16(13-11-14)29(26,27)23-15-6-2-1-3-7-15/h1-13,23-24H,(H2,21,22,25,28). The highest BCUT2D eigenvalue weighted by molar-refractivity contribution is 7.92. The van der Waals surface area contributed by atoms with Gasteiger partial charge < -0.3 is 10.4 Å². The van der Waals surface area contributed by atoms with Gasteiger partial charge in [-0.15, -0.1) is 0 Å². The summed E-state index contributed by atoms with van der Waals surface area (Å²) < 4.78 is 27.4. The number of hydrogen-bond acceptors (Lipinski definition) is 5. The van der Waals surface area contributed by atoms with Gasteiger partial charge in [0.05, 0.1) is 10.5 Å². The second kappa shape index (κ2) is 8.72. The molecule has 1 amide bonds. The summed E-state index contributed by atoms with van der Waals surface area (Å²) in [5, 5.41) is 15.0. The minimum Gasteiger partial charge on any atom is -0.507 e. The lowest BCUT2D eigenvalue weighted by atomic mass is 10.2. The number of nitrogens with one attached hydrogen (secondary N) is 3. The smallest absolute Gasteiger partial charge is 0.261 e. The van der Waals surface area contributed by atoms with Crippen molar-refractivity contribution in [3.63, 3.8) is 0 Å². The first-order valence-electron chi connectivity index (χ1n) is 8.43. The van der Waals surface area contributed by atoms with E-state index < -0.39 is 15.9 Å². The quantitative estimate of drug-likeness (QED) is 0.465. The van der Waals surface area contributed by atoms with Crippen molar-refractivity contribution < 1.29 is 18.3 Å².